The molecule has 19 heavy (non-hydrogen) atoms. The second-order valence-electron chi connectivity index (χ2n) is 5.44. The summed E-state index contributed by atoms with van der Waals surface area (Å²) in [6, 6.07) is 0. The van der Waals surface area contributed by atoms with Crippen molar-refractivity contribution in [3.05, 3.63) is 0 Å². The van der Waals surface area contributed by atoms with Crippen LogP contribution in [-0.4, -0.2) is 47.6 Å². The minimum atomic E-state index is -0.754. The molecule has 1 aliphatic carbocycles. The molecule has 1 aliphatic rings. The number of hydrogen-bond donors (Lipinski definition) is 3. The number of aliphatic hydroxyl groups is 2. The minimum absolute atomic E-state index is 0.0681. The molecule has 0 aliphatic heterocycles. The Balaban J connectivity index is 2.28. The molecule has 0 radical (unpaired) electrons. The largest absolute Gasteiger partial charge is 0.466 e. The molecular formula is C14H27NO4. The van der Waals surface area contributed by atoms with Crippen LogP contribution < -0.4 is 5.32 Å². The first kappa shape index (κ1) is 16.4. The van der Waals surface area contributed by atoms with Crippen LogP contribution in [0.5, 0.6) is 0 Å². The van der Waals surface area contributed by atoms with Crippen molar-refractivity contribution in [3.63, 3.8) is 0 Å². The van der Waals surface area contributed by atoms with Gasteiger partial charge in [-0.2, -0.15) is 0 Å². The van der Waals surface area contributed by atoms with Gasteiger partial charge < -0.3 is 20.3 Å². The molecule has 3 N–H and O–H groups in total. The summed E-state index contributed by atoms with van der Waals surface area (Å²) in [7, 11) is 0. The minimum Gasteiger partial charge on any atom is -0.466 e. The summed E-state index contributed by atoms with van der Waals surface area (Å²) in [5, 5.41) is 22.9. The van der Waals surface area contributed by atoms with E-state index in [0.29, 0.717) is 51.8 Å². The molecule has 0 amide bonds. The Morgan fingerprint density at radius 3 is 2.58 bits per heavy atom. The molecule has 1 fully saturated rings. The fraction of sp³-hybridized carbons (Fsp3) is 0.929. The maximum atomic E-state index is 11.6. The van der Waals surface area contributed by atoms with Crippen LogP contribution in [0.4, 0.5) is 0 Å². The van der Waals surface area contributed by atoms with Gasteiger partial charge >= 0.3 is 5.97 Å². The molecule has 5 nitrogen and oxygen atoms in total. The van der Waals surface area contributed by atoms with Gasteiger partial charge in [0.15, 0.2) is 0 Å². The van der Waals surface area contributed by atoms with Gasteiger partial charge in [-0.05, 0) is 39.0 Å². The standard InChI is InChI=1S/C14H27NO4/c1-3-12(16)9-15-10-14(18)7-5-11(6-8-14)13(17)19-4-2/h11-12,15-16,18H,3-10H2,1-2H3. The van der Waals surface area contributed by atoms with Crippen molar-refractivity contribution in [3.8, 4) is 0 Å². The highest BCUT2D eigenvalue weighted by Crippen LogP contribution is 2.32. The quantitative estimate of drug-likeness (QED) is 0.599. The summed E-state index contributed by atoms with van der Waals surface area (Å²) < 4.78 is 5.01. The Kier molecular flexibility index (Phi) is 6.75. The van der Waals surface area contributed by atoms with Crippen LogP contribution in [0.2, 0.25) is 0 Å². The number of nitrogens with one attached hydrogen (secondary N) is 1. The average Bonchev–Trinajstić information content (AvgIpc) is 2.39. The van der Waals surface area contributed by atoms with Gasteiger partial charge in [0.1, 0.15) is 0 Å². The molecule has 1 rings (SSSR count). The summed E-state index contributed by atoms with van der Waals surface area (Å²) in [5.41, 5.74) is -0.754. The number of ether oxygens (including phenoxy) is 1. The molecule has 0 spiro atoms. The maximum Gasteiger partial charge on any atom is 0.308 e. The molecule has 0 aromatic heterocycles. The van der Waals surface area contributed by atoms with Gasteiger partial charge in [0.05, 0.1) is 24.2 Å². The number of rotatable bonds is 7. The van der Waals surface area contributed by atoms with Crippen molar-refractivity contribution in [2.75, 3.05) is 19.7 Å². The Morgan fingerprint density at radius 1 is 1.42 bits per heavy atom. The van der Waals surface area contributed by atoms with Crippen molar-refractivity contribution in [1.29, 1.82) is 0 Å². The van der Waals surface area contributed by atoms with Gasteiger partial charge in [-0.1, -0.05) is 6.92 Å². The molecule has 0 aromatic carbocycles. The van der Waals surface area contributed by atoms with Gasteiger partial charge in [0, 0.05) is 13.1 Å². The van der Waals surface area contributed by atoms with E-state index in [2.05, 4.69) is 5.32 Å². The Morgan fingerprint density at radius 2 is 2.05 bits per heavy atom. The number of carbonyl (C=O) groups is 1. The number of carbonyl (C=O) groups excluding carboxylic acids is 1. The third kappa shape index (κ3) is 5.47. The smallest absolute Gasteiger partial charge is 0.308 e. The number of aliphatic hydroxyl groups excluding tert-OH is 1. The summed E-state index contributed by atoms with van der Waals surface area (Å²) in [6.07, 6.45) is 2.90. The van der Waals surface area contributed by atoms with Crippen LogP contribution in [0.15, 0.2) is 0 Å². The first-order valence-corrected chi connectivity index (χ1v) is 7.28. The molecule has 0 bridgehead atoms. The van der Waals surface area contributed by atoms with E-state index in [9.17, 15) is 15.0 Å². The molecule has 112 valence electrons. The molecule has 0 heterocycles. The first-order chi connectivity index (χ1) is 9.00. The zero-order chi connectivity index (χ0) is 14.3. The van der Waals surface area contributed by atoms with E-state index in [1.807, 2.05) is 6.92 Å². The zero-order valence-electron chi connectivity index (χ0n) is 12.0. The van der Waals surface area contributed by atoms with Crippen LogP contribution in [0.3, 0.4) is 0 Å². The maximum absolute atomic E-state index is 11.6. The fourth-order valence-electron chi connectivity index (χ4n) is 2.44. The van der Waals surface area contributed by atoms with E-state index >= 15 is 0 Å². The Bertz CT molecular complexity index is 275. The third-order valence-corrected chi connectivity index (χ3v) is 3.84. The SMILES string of the molecule is CCOC(=O)C1CCC(O)(CNCC(O)CC)CC1. The zero-order valence-corrected chi connectivity index (χ0v) is 12.0. The van der Waals surface area contributed by atoms with Gasteiger partial charge in [-0.15, -0.1) is 0 Å². The van der Waals surface area contributed by atoms with Gasteiger partial charge in [0.25, 0.3) is 0 Å². The fourth-order valence-corrected chi connectivity index (χ4v) is 2.44. The average molecular weight is 273 g/mol. The normalized spacial score (nSPS) is 28.9. The Hall–Kier alpha value is -0.650. The lowest BCUT2D eigenvalue weighted by Crippen LogP contribution is -2.46. The Labute approximate surface area is 115 Å². The van der Waals surface area contributed by atoms with Gasteiger partial charge in [0.2, 0.25) is 0 Å². The predicted molar refractivity (Wildman–Crippen MR) is 72.7 cm³/mol. The highest BCUT2D eigenvalue weighted by atomic mass is 16.5. The summed E-state index contributed by atoms with van der Waals surface area (Å²) in [5.74, 6) is -0.208. The van der Waals surface area contributed by atoms with Crippen LogP contribution >= 0.6 is 0 Å². The van der Waals surface area contributed by atoms with Crippen LogP contribution in [0.25, 0.3) is 0 Å². The van der Waals surface area contributed by atoms with E-state index in [4.69, 9.17) is 4.74 Å². The lowest BCUT2D eigenvalue weighted by molar-refractivity contribution is -0.151. The molecule has 1 unspecified atom stereocenters. The topological polar surface area (TPSA) is 78.8 Å². The lowest BCUT2D eigenvalue weighted by atomic mass is 9.78. The van der Waals surface area contributed by atoms with E-state index in [1.54, 1.807) is 6.92 Å². The lowest BCUT2D eigenvalue weighted by Gasteiger charge is -2.35. The molecule has 1 saturated carbocycles. The van der Waals surface area contributed by atoms with Crippen LogP contribution in [0.1, 0.15) is 46.0 Å². The van der Waals surface area contributed by atoms with E-state index in [0.717, 1.165) is 0 Å². The summed E-state index contributed by atoms with van der Waals surface area (Å²) >= 11 is 0. The predicted octanol–water partition coefficient (Wildman–Crippen LogP) is 0.831. The van der Waals surface area contributed by atoms with Crippen molar-refractivity contribution in [1.82, 2.24) is 5.32 Å². The third-order valence-electron chi connectivity index (χ3n) is 3.84. The number of esters is 1. The van der Waals surface area contributed by atoms with Crippen molar-refractivity contribution >= 4 is 5.97 Å². The van der Waals surface area contributed by atoms with E-state index < -0.39 is 5.60 Å². The number of hydrogen-bond acceptors (Lipinski definition) is 5. The molecule has 0 saturated heterocycles. The molecular weight excluding hydrogens is 246 g/mol. The van der Waals surface area contributed by atoms with Gasteiger partial charge in [-0.3, -0.25) is 4.79 Å². The molecule has 5 heteroatoms. The summed E-state index contributed by atoms with van der Waals surface area (Å²) in [4.78, 5) is 11.6. The van der Waals surface area contributed by atoms with Crippen LogP contribution in [-0.2, 0) is 9.53 Å². The van der Waals surface area contributed by atoms with Crippen molar-refractivity contribution in [2.45, 2.75) is 57.7 Å². The highest BCUT2D eigenvalue weighted by Gasteiger charge is 2.36. The summed E-state index contributed by atoms with van der Waals surface area (Å²) in [6.45, 7) is 5.11. The second kappa shape index (κ2) is 7.82. The highest BCUT2D eigenvalue weighted by molar-refractivity contribution is 5.72. The molecule has 0 aromatic rings. The van der Waals surface area contributed by atoms with Crippen molar-refractivity contribution in [2.24, 2.45) is 5.92 Å². The van der Waals surface area contributed by atoms with Gasteiger partial charge in [-0.25, -0.2) is 0 Å². The van der Waals surface area contributed by atoms with E-state index in [1.165, 1.54) is 0 Å². The van der Waals surface area contributed by atoms with Crippen LogP contribution in [0, 0.1) is 5.92 Å². The molecule has 1 atom stereocenters. The van der Waals surface area contributed by atoms with E-state index in [-0.39, 0.29) is 18.0 Å². The monoisotopic (exact) mass is 273 g/mol. The van der Waals surface area contributed by atoms with Crippen molar-refractivity contribution < 1.29 is 19.7 Å². The first-order valence-electron chi connectivity index (χ1n) is 7.28. The second-order valence-corrected chi connectivity index (χ2v) is 5.44.